The Hall–Kier alpha value is -1.02. The maximum atomic E-state index is 10.6. The van der Waals surface area contributed by atoms with Gasteiger partial charge in [0.1, 0.15) is 5.75 Å². The van der Waals surface area contributed by atoms with Crippen molar-refractivity contribution in [2.45, 2.75) is 58.5 Å². The summed E-state index contributed by atoms with van der Waals surface area (Å²) in [6, 6.07) is 4.15. The fourth-order valence-corrected chi connectivity index (χ4v) is 3.39. The van der Waals surface area contributed by atoms with Crippen LogP contribution >= 0.6 is 0 Å². The van der Waals surface area contributed by atoms with E-state index in [4.69, 9.17) is 4.74 Å². The van der Waals surface area contributed by atoms with E-state index in [1.54, 1.807) is 7.11 Å². The van der Waals surface area contributed by atoms with Gasteiger partial charge in [-0.3, -0.25) is 0 Å². The second-order valence-corrected chi connectivity index (χ2v) is 5.95. The second kappa shape index (κ2) is 6.42. The molecule has 0 heterocycles. The fraction of sp³-hybridized carbons (Fsp3) is 0.647. The molecule has 19 heavy (non-hydrogen) atoms. The van der Waals surface area contributed by atoms with E-state index in [9.17, 15) is 5.11 Å². The van der Waals surface area contributed by atoms with Crippen molar-refractivity contribution < 1.29 is 9.84 Å². The van der Waals surface area contributed by atoms with Gasteiger partial charge in [-0.15, -0.1) is 0 Å². The van der Waals surface area contributed by atoms with Crippen LogP contribution in [0.5, 0.6) is 5.75 Å². The molecule has 1 aliphatic rings. The number of aliphatic hydroxyl groups excluding tert-OH is 1. The van der Waals surface area contributed by atoms with Gasteiger partial charge in [0, 0.05) is 5.56 Å². The van der Waals surface area contributed by atoms with Gasteiger partial charge in [-0.1, -0.05) is 38.2 Å². The highest BCUT2D eigenvalue weighted by molar-refractivity contribution is 5.44. The Morgan fingerprint density at radius 1 is 1.21 bits per heavy atom. The zero-order valence-corrected chi connectivity index (χ0v) is 12.4. The van der Waals surface area contributed by atoms with Crippen molar-refractivity contribution >= 4 is 0 Å². The molecule has 0 aliphatic heterocycles. The normalized spacial score (nSPS) is 18.3. The van der Waals surface area contributed by atoms with Crippen molar-refractivity contribution in [2.75, 3.05) is 7.11 Å². The molecule has 0 saturated heterocycles. The van der Waals surface area contributed by atoms with Crippen molar-refractivity contribution in [3.8, 4) is 5.75 Å². The lowest BCUT2D eigenvalue weighted by Crippen LogP contribution is -2.12. The maximum Gasteiger partial charge on any atom is 0.125 e. The first-order valence-corrected chi connectivity index (χ1v) is 7.45. The van der Waals surface area contributed by atoms with Crippen molar-refractivity contribution in [1.82, 2.24) is 0 Å². The molecule has 106 valence electrons. The monoisotopic (exact) mass is 262 g/mol. The molecule has 1 atom stereocenters. The van der Waals surface area contributed by atoms with E-state index in [1.165, 1.54) is 37.7 Å². The Morgan fingerprint density at radius 2 is 1.89 bits per heavy atom. The van der Waals surface area contributed by atoms with E-state index in [0.29, 0.717) is 5.92 Å². The number of hydrogen-bond donors (Lipinski definition) is 1. The fourth-order valence-electron chi connectivity index (χ4n) is 3.39. The summed E-state index contributed by atoms with van der Waals surface area (Å²) in [6.07, 6.45) is 7.02. The summed E-state index contributed by atoms with van der Waals surface area (Å²) in [6.45, 7) is 4.13. The van der Waals surface area contributed by atoms with Crippen LogP contribution in [0.4, 0.5) is 0 Å². The minimum Gasteiger partial charge on any atom is -0.496 e. The quantitative estimate of drug-likeness (QED) is 0.876. The predicted molar refractivity (Wildman–Crippen MR) is 78.6 cm³/mol. The molecule has 0 amide bonds. The van der Waals surface area contributed by atoms with Crippen molar-refractivity contribution in [2.24, 2.45) is 5.92 Å². The number of hydrogen-bond acceptors (Lipinski definition) is 2. The SMILES string of the molecule is COc1cc(C)cc(C)c1C(O)CC1CCCCC1. The molecule has 1 aliphatic carbocycles. The summed E-state index contributed by atoms with van der Waals surface area (Å²) < 4.78 is 5.46. The molecular weight excluding hydrogens is 236 g/mol. The molecule has 2 heteroatoms. The Labute approximate surface area is 116 Å². The van der Waals surface area contributed by atoms with Gasteiger partial charge in [-0.2, -0.15) is 0 Å². The summed E-state index contributed by atoms with van der Waals surface area (Å²) >= 11 is 0. The third kappa shape index (κ3) is 3.50. The highest BCUT2D eigenvalue weighted by atomic mass is 16.5. The molecule has 0 radical (unpaired) electrons. The molecule has 1 fully saturated rings. The Balaban J connectivity index is 2.15. The summed E-state index contributed by atoms with van der Waals surface area (Å²) in [5.74, 6) is 1.51. The molecule has 1 unspecified atom stereocenters. The minimum absolute atomic E-state index is 0.390. The topological polar surface area (TPSA) is 29.5 Å². The van der Waals surface area contributed by atoms with Gasteiger partial charge in [-0.05, 0) is 43.4 Å². The molecule has 2 nitrogen and oxygen atoms in total. The van der Waals surface area contributed by atoms with Crippen molar-refractivity contribution in [1.29, 1.82) is 0 Å². The van der Waals surface area contributed by atoms with Gasteiger partial charge in [0.05, 0.1) is 13.2 Å². The van der Waals surface area contributed by atoms with Crippen LogP contribution in [0.25, 0.3) is 0 Å². The molecule has 0 bridgehead atoms. The molecule has 1 N–H and O–H groups in total. The minimum atomic E-state index is -0.390. The largest absolute Gasteiger partial charge is 0.496 e. The lowest BCUT2D eigenvalue weighted by molar-refractivity contribution is 0.128. The average molecular weight is 262 g/mol. The molecule has 2 rings (SSSR count). The lowest BCUT2D eigenvalue weighted by atomic mass is 9.83. The van der Waals surface area contributed by atoms with E-state index in [2.05, 4.69) is 19.9 Å². The van der Waals surface area contributed by atoms with E-state index in [0.717, 1.165) is 23.3 Å². The molecule has 1 aromatic rings. The summed E-state index contributed by atoms with van der Waals surface area (Å²) in [7, 11) is 1.69. The summed E-state index contributed by atoms with van der Waals surface area (Å²) in [4.78, 5) is 0. The van der Waals surface area contributed by atoms with Crippen LogP contribution in [0, 0.1) is 19.8 Å². The first-order valence-electron chi connectivity index (χ1n) is 7.45. The first-order chi connectivity index (χ1) is 9.11. The number of ether oxygens (including phenoxy) is 1. The Morgan fingerprint density at radius 3 is 2.53 bits per heavy atom. The van der Waals surface area contributed by atoms with Crippen molar-refractivity contribution in [3.63, 3.8) is 0 Å². The average Bonchev–Trinajstić information content (AvgIpc) is 2.38. The maximum absolute atomic E-state index is 10.6. The highest BCUT2D eigenvalue weighted by Gasteiger charge is 2.22. The number of aryl methyl sites for hydroxylation is 2. The molecular formula is C17H26O2. The molecule has 0 spiro atoms. The lowest BCUT2D eigenvalue weighted by Gasteiger charge is -2.26. The van der Waals surface area contributed by atoms with E-state index < -0.39 is 6.10 Å². The van der Waals surface area contributed by atoms with Crippen molar-refractivity contribution in [3.05, 3.63) is 28.8 Å². The predicted octanol–water partition coefficient (Wildman–Crippen LogP) is 4.32. The third-order valence-electron chi connectivity index (χ3n) is 4.33. The highest BCUT2D eigenvalue weighted by Crippen LogP contribution is 2.37. The van der Waals surface area contributed by atoms with Gasteiger partial charge >= 0.3 is 0 Å². The third-order valence-corrected chi connectivity index (χ3v) is 4.33. The Kier molecular flexibility index (Phi) is 4.87. The van der Waals surface area contributed by atoms with Crippen LogP contribution in [-0.2, 0) is 0 Å². The smallest absolute Gasteiger partial charge is 0.125 e. The van der Waals surface area contributed by atoms with Crippen LogP contribution in [0.3, 0.4) is 0 Å². The summed E-state index contributed by atoms with van der Waals surface area (Å²) in [5, 5.41) is 10.6. The van der Waals surface area contributed by atoms with E-state index in [-0.39, 0.29) is 0 Å². The zero-order valence-electron chi connectivity index (χ0n) is 12.4. The Bertz CT molecular complexity index is 420. The number of rotatable bonds is 4. The van der Waals surface area contributed by atoms with Crippen LogP contribution in [0.1, 0.15) is 61.3 Å². The van der Waals surface area contributed by atoms with E-state index >= 15 is 0 Å². The summed E-state index contributed by atoms with van der Waals surface area (Å²) in [5.41, 5.74) is 3.31. The first kappa shape index (κ1) is 14.4. The molecule has 1 saturated carbocycles. The zero-order chi connectivity index (χ0) is 13.8. The van der Waals surface area contributed by atoms with Crippen LogP contribution in [0.2, 0.25) is 0 Å². The van der Waals surface area contributed by atoms with Crippen LogP contribution in [0.15, 0.2) is 12.1 Å². The van der Waals surface area contributed by atoms with Gasteiger partial charge in [-0.25, -0.2) is 0 Å². The number of methoxy groups -OCH3 is 1. The van der Waals surface area contributed by atoms with Crippen LogP contribution in [-0.4, -0.2) is 12.2 Å². The molecule has 0 aromatic heterocycles. The number of benzene rings is 1. The second-order valence-electron chi connectivity index (χ2n) is 5.95. The van der Waals surface area contributed by atoms with Gasteiger partial charge in [0.25, 0.3) is 0 Å². The van der Waals surface area contributed by atoms with E-state index in [1.807, 2.05) is 6.07 Å². The van der Waals surface area contributed by atoms with Crippen LogP contribution < -0.4 is 4.74 Å². The molecule has 1 aromatic carbocycles. The number of aliphatic hydroxyl groups is 1. The van der Waals surface area contributed by atoms with Gasteiger partial charge in [0.2, 0.25) is 0 Å². The van der Waals surface area contributed by atoms with Gasteiger partial charge < -0.3 is 9.84 Å². The van der Waals surface area contributed by atoms with Gasteiger partial charge in [0.15, 0.2) is 0 Å². The standard InChI is InChI=1S/C17H26O2/c1-12-9-13(2)17(16(10-12)19-3)15(18)11-14-7-5-4-6-8-14/h9-10,14-15,18H,4-8,11H2,1-3H3.